The van der Waals surface area contributed by atoms with Gasteiger partial charge in [-0.25, -0.2) is 0 Å². The van der Waals surface area contributed by atoms with Gasteiger partial charge < -0.3 is 10.4 Å². The maximum Gasteiger partial charge on any atom is 0.256 e. The lowest BCUT2D eigenvalue weighted by Crippen LogP contribution is -2.03. The Morgan fingerprint density at radius 1 is 1.17 bits per heavy atom. The SMILES string of the molecule is O=C1Nc2ccc(I)cc2/C1=C/CCc1cc(Br)c(O)c(Br)c1. The van der Waals surface area contributed by atoms with Gasteiger partial charge in [0.1, 0.15) is 5.75 Å². The van der Waals surface area contributed by atoms with Crippen LogP contribution in [0.5, 0.6) is 5.75 Å². The number of aryl methyl sites for hydroxylation is 1. The number of rotatable bonds is 3. The highest BCUT2D eigenvalue weighted by atomic mass is 127. The third kappa shape index (κ3) is 3.64. The highest BCUT2D eigenvalue weighted by Gasteiger charge is 2.23. The van der Waals surface area contributed by atoms with Crippen molar-refractivity contribution in [2.24, 2.45) is 0 Å². The van der Waals surface area contributed by atoms with E-state index in [0.717, 1.165) is 38.8 Å². The third-order valence-corrected chi connectivity index (χ3v) is 5.50. The van der Waals surface area contributed by atoms with Crippen LogP contribution in [0.1, 0.15) is 17.5 Å². The molecule has 3 rings (SSSR count). The van der Waals surface area contributed by atoms with E-state index in [1.807, 2.05) is 36.4 Å². The first-order valence-electron chi connectivity index (χ1n) is 6.94. The topological polar surface area (TPSA) is 49.3 Å². The number of benzene rings is 2. The van der Waals surface area contributed by atoms with Crippen molar-refractivity contribution in [2.45, 2.75) is 12.8 Å². The van der Waals surface area contributed by atoms with E-state index >= 15 is 0 Å². The van der Waals surface area contributed by atoms with Crippen LogP contribution in [0.25, 0.3) is 5.57 Å². The van der Waals surface area contributed by atoms with E-state index in [0.29, 0.717) is 8.95 Å². The van der Waals surface area contributed by atoms with Crippen molar-refractivity contribution >= 4 is 71.6 Å². The van der Waals surface area contributed by atoms with Gasteiger partial charge in [0.05, 0.1) is 8.95 Å². The van der Waals surface area contributed by atoms with Crippen molar-refractivity contribution in [3.05, 3.63) is 60.1 Å². The molecule has 0 saturated heterocycles. The fraction of sp³-hybridized carbons (Fsp3) is 0.118. The number of allylic oxidation sites excluding steroid dienone is 1. The lowest BCUT2D eigenvalue weighted by atomic mass is 10.0. The minimum absolute atomic E-state index is 0.0462. The summed E-state index contributed by atoms with van der Waals surface area (Å²) in [4.78, 5) is 12.1. The summed E-state index contributed by atoms with van der Waals surface area (Å²) in [5.41, 5.74) is 3.65. The number of amides is 1. The van der Waals surface area contributed by atoms with Gasteiger partial charge >= 0.3 is 0 Å². The van der Waals surface area contributed by atoms with Gasteiger partial charge in [-0.15, -0.1) is 0 Å². The van der Waals surface area contributed by atoms with Gasteiger partial charge in [-0.2, -0.15) is 0 Å². The molecule has 23 heavy (non-hydrogen) atoms. The Bertz CT molecular complexity index is 810. The number of hydrogen-bond donors (Lipinski definition) is 2. The Morgan fingerprint density at radius 3 is 2.57 bits per heavy atom. The number of carbonyl (C=O) groups is 1. The number of phenolic OH excluding ortho intramolecular Hbond substituents is 1. The van der Waals surface area contributed by atoms with Gasteiger partial charge in [0.25, 0.3) is 5.91 Å². The molecule has 2 N–H and O–H groups in total. The van der Waals surface area contributed by atoms with Crippen LogP contribution in [-0.2, 0) is 11.2 Å². The quantitative estimate of drug-likeness (QED) is 0.394. The average Bonchev–Trinajstić information content (AvgIpc) is 2.80. The number of nitrogens with one attached hydrogen (secondary N) is 1. The molecular weight excluding hydrogens is 537 g/mol. The van der Waals surface area contributed by atoms with E-state index in [1.165, 1.54) is 0 Å². The first kappa shape index (κ1) is 17.0. The Labute approximate surface area is 164 Å². The molecule has 0 unspecified atom stereocenters. The lowest BCUT2D eigenvalue weighted by Gasteiger charge is -2.05. The molecule has 3 nitrogen and oxygen atoms in total. The lowest BCUT2D eigenvalue weighted by molar-refractivity contribution is -0.110. The van der Waals surface area contributed by atoms with E-state index in [-0.39, 0.29) is 11.7 Å². The zero-order valence-corrected chi connectivity index (χ0v) is 17.2. The molecule has 0 saturated carbocycles. The molecule has 0 aliphatic carbocycles. The van der Waals surface area contributed by atoms with Crippen LogP contribution in [0.2, 0.25) is 0 Å². The Hall–Kier alpha value is -0.860. The summed E-state index contributed by atoms with van der Waals surface area (Å²) in [7, 11) is 0. The molecule has 6 heteroatoms. The molecule has 0 spiro atoms. The molecule has 1 amide bonds. The minimum Gasteiger partial charge on any atom is -0.506 e. The molecule has 2 aromatic carbocycles. The van der Waals surface area contributed by atoms with Gasteiger partial charge in [-0.3, -0.25) is 4.79 Å². The van der Waals surface area contributed by atoms with Crippen LogP contribution in [0.3, 0.4) is 0 Å². The number of halogens is 3. The van der Waals surface area contributed by atoms with Crippen LogP contribution in [-0.4, -0.2) is 11.0 Å². The maximum absolute atomic E-state index is 12.1. The second-order valence-electron chi connectivity index (χ2n) is 5.21. The van der Waals surface area contributed by atoms with Crippen LogP contribution in [0, 0.1) is 3.57 Å². The monoisotopic (exact) mass is 547 g/mol. The largest absolute Gasteiger partial charge is 0.506 e. The summed E-state index contributed by atoms with van der Waals surface area (Å²) >= 11 is 8.91. The number of hydrogen-bond acceptors (Lipinski definition) is 2. The molecule has 0 fully saturated rings. The molecule has 0 atom stereocenters. The van der Waals surface area contributed by atoms with Gasteiger partial charge in [-0.1, -0.05) is 6.08 Å². The molecule has 1 heterocycles. The molecule has 0 radical (unpaired) electrons. The molecule has 0 aromatic heterocycles. The predicted molar refractivity (Wildman–Crippen MR) is 108 cm³/mol. The number of carbonyl (C=O) groups excluding carboxylic acids is 1. The summed E-state index contributed by atoms with van der Waals surface area (Å²) in [6.45, 7) is 0. The minimum atomic E-state index is -0.0462. The van der Waals surface area contributed by atoms with Gasteiger partial charge in [0.15, 0.2) is 0 Å². The first-order chi connectivity index (χ1) is 11.0. The number of phenols is 1. The summed E-state index contributed by atoms with van der Waals surface area (Å²) in [6.07, 6.45) is 3.51. The van der Waals surface area contributed by atoms with E-state index in [4.69, 9.17) is 0 Å². The highest BCUT2D eigenvalue weighted by Crippen LogP contribution is 2.35. The van der Waals surface area contributed by atoms with Crippen molar-refractivity contribution in [3.8, 4) is 5.75 Å². The smallest absolute Gasteiger partial charge is 0.256 e. The summed E-state index contributed by atoms with van der Waals surface area (Å²) in [5.74, 6) is 0.154. The Kier molecular flexibility index (Phi) is 5.13. The number of aromatic hydroxyl groups is 1. The normalized spacial score (nSPS) is 14.9. The van der Waals surface area contributed by atoms with Gasteiger partial charge in [0.2, 0.25) is 0 Å². The maximum atomic E-state index is 12.1. The molecule has 1 aliphatic rings. The summed E-state index contributed by atoms with van der Waals surface area (Å²) in [5, 5.41) is 12.6. The number of fused-ring (bicyclic) bond motifs is 1. The molecule has 0 bridgehead atoms. The molecule has 118 valence electrons. The van der Waals surface area contributed by atoms with Crippen molar-refractivity contribution in [3.63, 3.8) is 0 Å². The first-order valence-corrected chi connectivity index (χ1v) is 9.60. The van der Waals surface area contributed by atoms with Crippen LogP contribution in [0.15, 0.2) is 45.4 Å². The van der Waals surface area contributed by atoms with E-state index in [9.17, 15) is 9.90 Å². The molecule has 1 aliphatic heterocycles. The van der Waals surface area contributed by atoms with E-state index < -0.39 is 0 Å². The summed E-state index contributed by atoms with van der Waals surface area (Å²) < 4.78 is 2.43. The van der Waals surface area contributed by atoms with Gasteiger partial charge in [-0.05, 0) is 103 Å². The van der Waals surface area contributed by atoms with Crippen LogP contribution >= 0.6 is 54.5 Å². The van der Waals surface area contributed by atoms with Crippen LogP contribution < -0.4 is 5.32 Å². The molecular formula is C17H12Br2INO2. The van der Waals surface area contributed by atoms with Crippen molar-refractivity contribution < 1.29 is 9.90 Å². The Balaban J connectivity index is 1.79. The fourth-order valence-corrected chi connectivity index (χ4v) is 4.28. The fourth-order valence-electron chi connectivity index (χ4n) is 2.51. The van der Waals surface area contributed by atoms with Crippen LogP contribution in [0.4, 0.5) is 5.69 Å². The van der Waals surface area contributed by atoms with Crippen molar-refractivity contribution in [2.75, 3.05) is 5.32 Å². The summed E-state index contributed by atoms with van der Waals surface area (Å²) in [6, 6.07) is 9.72. The standard InChI is InChI=1S/C17H12Br2INO2/c18-13-6-9(7-14(19)16(13)22)2-1-3-11-12-8-10(20)4-5-15(12)21-17(11)23/h3-8,22H,1-2H2,(H,21,23)/b11-3-. The predicted octanol–water partition coefficient (Wildman–Crippen LogP) is 5.49. The van der Waals surface area contributed by atoms with Crippen molar-refractivity contribution in [1.82, 2.24) is 0 Å². The third-order valence-electron chi connectivity index (χ3n) is 3.62. The zero-order valence-electron chi connectivity index (χ0n) is 11.9. The highest BCUT2D eigenvalue weighted by molar-refractivity contribution is 14.1. The van der Waals surface area contributed by atoms with Gasteiger partial charge in [0, 0.05) is 20.4 Å². The van der Waals surface area contributed by atoms with E-state index in [2.05, 4.69) is 59.8 Å². The van der Waals surface area contributed by atoms with E-state index in [1.54, 1.807) is 0 Å². The molecule has 2 aromatic rings. The second kappa shape index (κ2) is 6.94. The zero-order chi connectivity index (χ0) is 16.6. The average molecular weight is 549 g/mol. The number of anilines is 1. The second-order valence-corrected chi connectivity index (χ2v) is 8.16. The van der Waals surface area contributed by atoms with Crippen molar-refractivity contribution in [1.29, 1.82) is 0 Å². The Morgan fingerprint density at radius 2 is 1.87 bits per heavy atom.